The normalized spacial score (nSPS) is 25.4. The van der Waals surface area contributed by atoms with Crippen molar-refractivity contribution in [2.45, 2.75) is 46.0 Å². The molecule has 0 aromatic carbocycles. The molecule has 0 heterocycles. The van der Waals surface area contributed by atoms with Gasteiger partial charge in [-0.1, -0.05) is 26.7 Å². The molecule has 0 aliphatic heterocycles. The third-order valence-corrected chi connectivity index (χ3v) is 3.50. The molecule has 1 saturated carbocycles. The summed E-state index contributed by atoms with van der Waals surface area (Å²) in [5, 5.41) is 6.21. The maximum Gasteiger partial charge on any atom is 0.221 e. The van der Waals surface area contributed by atoms with Gasteiger partial charge >= 0.3 is 0 Å². The topological polar surface area (TPSA) is 41.1 Å². The number of hydrogen-bond donors (Lipinski definition) is 2. The summed E-state index contributed by atoms with van der Waals surface area (Å²) in [5.41, 5.74) is 0. The van der Waals surface area contributed by atoms with Crippen molar-refractivity contribution in [3.05, 3.63) is 0 Å². The van der Waals surface area contributed by atoms with E-state index in [-0.39, 0.29) is 5.91 Å². The molecule has 3 nitrogen and oxygen atoms in total. The number of carbonyl (C=O) groups is 1. The predicted octanol–water partition coefficient (Wildman–Crippen LogP) is 1.93. The average molecular weight is 226 g/mol. The summed E-state index contributed by atoms with van der Waals surface area (Å²) in [6, 6.07) is 0. The molecule has 16 heavy (non-hydrogen) atoms. The average Bonchev–Trinajstić information content (AvgIpc) is 2.29. The Morgan fingerprint density at radius 1 is 1.25 bits per heavy atom. The number of carbonyl (C=O) groups excluding carboxylic acids is 1. The molecule has 0 saturated heterocycles. The van der Waals surface area contributed by atoms with Crippen LogP contribution in [0.2, 0.25) is 0 Å². The molecular weight excluding hydrogens is 200 g/mol. The molecule has 3 heteroatoms. The number of hydrogen-bond acceptors (Lipinski definition) is 2. The Morgan fingerprint density at radius 3 is 2.56 bits per heavy atom. The maximum atomic E-state index is 11.5. The lowest BCUT2D eigenvalue weighted by atomic mass is 9.83. The fourth-order valence-corrected chi connectivity index (χ4v) is 2.26. The van der Waals surface area contributed by atoms with E-state index < -0.39 is 0 Å². The molecule has 1 aliphatic rings. The molecule has 1 aliphatic carbocycles. The molecular formula is C13H26N2O. The van der Waals surface area contributed by atoms with Crippen molar-refractivity contribution in [3.8, 4) is 0 Å². The van der Waals surface area contributed by atoms with Gasteiger partial charge in [0.05, 0.1) is 0 Å². The van der Waals surface area contributed by atoms with Crippen molar-refractivity contribution in [2.24, 2.45) is 11.8 Å². The fraction of sp³-hybridized carbons (Fsp3) is 0.923. The molecule has 0 bridgehead atoms. The number of amides is 1. The highest BCUT2D eigenvalue weighted by atomic mass is 16.1. The Morgan fingerprint density at radius 2 is 1.94 bits per heavy atom. The first-order valence-electron chi connectivity index (χ1n) is 6.69. The SMILES string of the molecule is CCNCCC(=O)NCC1CCC(C)CC1. The van der Waals surface area contributed by atoms with E-state index in [0.717, 1.165) is 31.5 Å². The van der Waals surface area contributed by atoms with Gasteiger partial charge in [0, 0.05) is 19.5 Å². The van der Waals surface area contributed by atoms with E-state index in [1.54, 1.807) is 0 Å². The van der Waals surface area contributed by atoms with Gasteiger partial charge in [0.25, 0.3) is 0 Å². The molecule has 1 fully saturated rings. The number of rotatable bonds is 6. The van der Waals surface area contributed by atoms with E-state index in [0.29, 0.717) is 6.42 Å². The third kappa shape index (κ3) is 5.50. The first-order chi connectivity index (χ1) is 7.72. The van der Waals surface area contributed by atoms with E-state index >= 15 is 0 Å². The molecule has 0 aromatic heterocycles. The van der Waals surface area contributed by atoms with Crippen molar-refractivity contribution >= 4 is 5.91 Å². The van der Waals surface area contributed by atoms with Crippen LogP contribution in [-0.2, 0) is 4.79 Å². The Hall–Kier alpha value is -0.570. The summed E-state index contributed by atoms with van der Waals surface area (Å²) in [4.78, 5) is 11.5. The summed E-state index contributed by atoms with van der Waals surface area (Å²) < 4.78 is 0. The van der Waals surface area contributed by atoms with Crippen LogP contribution in [0.3, 0.4) is 0 Å². The summed E-state index contributed by atoms with van der Waals surface area (Å²) in [6.45, 7) is 7.00. The van der Waals surface area contributed by atoms with E-state index in [1.807, 2.05) is 0 Å². The van der Waals surface area contributed by atoms with Crippen LogP contribution in [0, 0.1) is 11.8 Å². The highest BCUT2D eigenvalue weighted by molar-refractivity contribution is 5.76. The van der Waals surface area contributed by atoms with Crippen molar-refractivity contribution in [2.75, 3.05) is 19.6 Å². The minimum Gasteiger partial charge on any atom is -0.356 e. The largest absolute Gasteiger partial charge is 0.356 e. The molecule has 1 amide bonds. The second kappa shape index (κ2) is 7.66. The smallest absolute Gasteiger partial charge is 0.221 e. The minimum absolute atomic E-state index is 0.194. The second-order valence-electron chi connectivity index (χ2n) is 5.03. The second-order valence-corrected chi connectivity index (χ2v) is 5.03. The van der Waals surface area contributed by atoms with Crippen LogP contribution in [0.5, 0.6) is 0 Å². The summed E-state index contributed by atoms with van der Waals surface area (Å²) >= 11 is 0. The van der Waals surface area contributed by atoms with Gasteiger partial charge in [-0.25, -0.2) is 0 Å². The standard InChI is InChI=1S/C13H26N2O/c1-3-14-9-8-13(16)15-10-12-6-4-11(2)5-7-12/h11-12,14H,3-10H2,1-2H3,(H,15,16). The first-order valence-corrected chi connectivity index (χ1v) is 6.69. The molecule has 94 valence electrons. The number of nitrogens with one attached hydrogen (secondary N) is 2. The molecule has 0 spiro atoms. The Balaban J connectivity index is 2.03. The lowest BCUT2D eigenvalue weighted by Crippen LogP contribution is -2.32. The van der Waals surface area contributed by atoms with Gasteiger partial charge in [0.2, 0.25) is 5.91 Å². The van der Waals surface area contributed by atoms with Gasteiger partial charge < -0.3 is 10.6 Å². The fourth-order valence-electron chi connectivity index (χ4n) is 2.26. The van der Waals surface area contributed by atoms with Crippen LogP contribution >= 0.6 is 0 Å². The highest BCUT2D eigenvalue weighted by Crippen LogP contribution is 2.27. The zero-order chi connectivity index (χ0) is 11.8. The van der Waals surface area contributed by atoms with Gasteiger partial charge in [-0.2, -0.15) is 0 Å². The van der Waals surface area contributed by atoms with Gasteiger partial charge in [-0.15, -0.1) is 0 Å². The monoisotopic (exact) mass is 226 g/mol. The van der Waals surface area contributed by atoms with Gasteiger partial charge in [0.1, 0.15) is 0 Å². The van der Waals surface area contributed by atoms with Crippen molar-refractivity contribution in [1.29, 1.82) is 0 Å². The van der Waals surface area contributed by atoms with Crippen molar-refractivity contribution in [1.82, 2.24) is 10.6 Å². The lowest BCUT2D eigenvalue weighted by molar-refractivity contribution is -0.121. The van der Waals surface area contributed by atoms with Crippen molar-refractivity contribution in [3.63, 3.8) is 0 Å². The van der Waals surface area contributed by atoms with Gasteiger partial charge in [-0.3, -0.25) is 4.79 Å². The van der Waals surface area contributed by atoms with Gasteiger partial charge in [-0.05, 0) is 31.2 Å². The van der Waals surface area contributed by atoms with Crippen LogP contribution in [0.1, 0.15) is 46.0 Å². The molecule has 0 atom stereocenters. The van der Waals surface area contributed by atoms with Crippen LogP contribution in [0.4, 0.5) is 0 Å². The first kappa shape index (κ1) is 13.5. The Kier molecular flexibility index (Phi) is 6.46. The van der Waals surface area contributed by atoms with Crippen molar-refractivity contribution < 1.29 is 4.79 Å². The summed E-state index contributed by atoms with van der Waals surface area (Å²) in [6.07, 6.45) is 5.84. The van der Waals surface area contributed by atoms with Crippen LogP contribution in [-0.4, -0.2) is 25.5 Å². The highest BCUT2D eigenvalue weighted by Gasteiger charge is 2.18. The Bertz CT molecular complexity index is 198. The zero-order valence-corrected chi connectivity index (χ0v) is 10.7. The quantitative estimate of drug-likeness (QED) is 0.679. The Labute approximate surface area is 99.4 Å². The van der Waals surface area contributed by atoms with Crippen LogP contribution < -0.4 is 10.6 Å². The molecule has 0 aromatic rings. The van der Waals surface area contributed by atoms with E-state index in [2.05, 4.69) is 24.5 Å². The summed E-state index contributed by atoms with van der Waals surface area (Å²) in [7, 11) is 0. The van der Waals surface area contributed by atoms with Crippen LogP contribution in [0.25, 0.3) is 0 Å². The van der Waals surface area contributed by atoms with E-state index in [9.17, 15) is 4.79 Å². The van der Waals surface area contributed by atoms with Gasteiger partial charge in [0.15, 0.2) is 0 Å². The maximum absolute atomic E-state index is 11.5. The zero-order valence-electron chi connectivity index (χ0n) is 10.7. The van der Waals surface area contributed by atoms with E-state index in [4.69, 9.17) is 0 Å². The lowest BCUT2D eigenvalue weighted by Gasteiger charge is -2.26. The van der Waals surface area contributed by atoms with E-state index in [1.165, 1.54) is 25.7 Å². The summed E-state index contributed by atoms with van der Waals surface area (Å²) in [5.74, 6) is 1.81. The molecule has 2 N–H and O–H groups in total. The molecule has 0 radical (unpaired) electrons. The third-order valence-electron chi connectivity index (χ3n) is 3.50. The van der Waals surface area contributed by atoms with Crippen LogP contribution in [0.15, 0.2) is 0 Å². The molecule has 1 rings (SSSR count). The predicted molar refractivity (Wildman–Crippen MR) is 67.3 cm³/mol. The molecule has 0 unspecified atom stereocenters. The minimum atomic E-state index is 0.194.